The summed E-state index contributed by atoms with van der Waals surface area (Å²) >= 11 is 0. The lowest BCUT2D eigenvalue weighted by atomic mass is 10.1. The normalized spacial score (nSPS) is 17.9. The first-order chi connectivity index (χ1) is 7.86. The van der Waals surface area contributed by atoms with Crippen LogP contribution in [0.5, 0.6) is 0 Å². The number of hydrogen-bond acceptors (Lipinski definition) is 3. The van der Waals surface area contributed by atoms with Crippen LogP contribution in [0.3, 0.4) is 0 Å². The van der Waals surface area contributed by atoms with E-state index in [1.54, 1.807) is 0 Å². The van der Waals surface area contributed by atoms with Gasteiger partial charge in [-0.05, 0) is 38.9 Å². The van der Waals surface area contributed by atoms with Crippen molar-refractivity contribution in [1.82, 2.24) is 10.2 Å². The number of hydrogen-bond donors (Lipinski definition) is 1. The number of rotatable bonds is 8. The zero-order valence-electron chi connectivity index (χ0n) is 10.6. The van der Waals surface area contributed by atoms with Crippen molar-refractivity contribution in [3.63, 3.8) is 0 Å². The van der Waals surface area contributed by atoms with Gasteiger partial charge in [0.15, 0.2) is 0 Å². The fraction of sp³-hybridized carbons (Fsp3) is 0.846. The zero-order chi connectivity index (χ0) is 11.6. The quantitative estimate of drug-likeness (QED) is 0.503. The molecular weight excluding hydrogens is 200 g/mol. The Morgan fingerprint density at radius 2 is 2.19 bits per heavy atom. The van der Waals surface area contributed by atoms with Crippen LogP contribution < -0.4 is 5.32 Å². The summed E-state index contributed by atoms with van der Waals surface area (Å²) in [5.74, 6) is 0. The molecule has 0 aromatic carbocycles. The van der Waals surface area contributed by atoms with Crippen LogP contribution in [0.25, 0.3) is 0 Å². The van der Waals surface area contributed by atoms with Crippen molar-refractivity contribution in [2.45, 2.75) is 32.3 Å². The van der Waals surface area contributed by atoms with Crippen LogP contribution in [0.15, 0.2) is 12.7 Å². The lowest BCUT2D eigenvalue weighted by Gasteiger charge is -2.24. The van der Waals surface area contributed by atoms with Gasteiger partial charge >= 0.3 is 0 Å². The van der Waals surface area contributed by atoms with E-state index in [0.717, 1.165) is 45.8 Å². The molecule has 1 heterocycles. The van der Waals surface area contributed by atoms with Gasteiger partial charge in [0.25, 0.3) is 0 Å². The minimum Gasteiger partial charge on any atom is -0.378 e. The van der Waals surface area contributed by atoms with E-state index in [-0.39, 0.29) is 0 Å². The summed E-state index contributed by atoms with van der Waals surface area (Å²) in [6, 6.07) is 0. The lowest BCUT2D eigenvalue weighted by Crippen LogP contribution is -2.33. The molecule has 0 aromatic rings. The van der Waals surface area contributed by atoms with Crippen molar-refractivity contribution in [3.8, 4) is 0 Å². The average Bonchev–Trinajstić information content (AvgIpc) is 2.34. The number of likely N-dealkylation sites (N-methyl/N-ethyl adjacent to an activating group) is 1. The van der Waals surface area contributed by atoms with Gasteiger partial charge in [0.1, 0.15) is 0 Å². The van der Waals surface area contributed by atoms with Crippen molar-refractivity contribution >= 4 is 0 Å². The number of nitrogens with one attached hydrogen (secondary N) is 1. The SMILES string of the molecule is C=CCN(CC)CCCOC1CCNCC1. The molecule has 1 aliphatic heterocycles. The fourth-order valence-corrected chi connectivity index (χ4v) is 2.06. The summed E-state index contributed by atoms with van der Waals surface area (Å²) in [4.78, 5) is 2.39. The molecule has 0 atom stereocenters. The van der Waals surface area contributed by atoms with Gasteiger partial charge in [-0.15, -0.1) is 6.58 Å². The molecule has 0 bridgehead atoms. The van der Waals surface area contributed by atoms with Gasteiger partial charge < -0.3 is 10.1 Å². The van der Waals surface area contributed by atoms with E-state index in [9.17, 15) is 0 Å². The van der Waals surface area contributed by atoms with Gasteiger partial charge in [0, 0.05) is 19.7 Å². The molecule has 1 fully saturated rings. The maximum Gasteiger partial charge on any atom is 0.0599 e. The Hall–Kier alpha value is -0.380. The topological polar surface area (TPSA) is 24.5 Å². The molecule has 0 aromatic heterocycles. The number of nitrogens with zero attached hydrogens (tertiary/aromatic N) is 1. The van der Waals surface area contributed by atoms with Gasteiger partial charge in [-0.2, -0.15) is 0 Å². The van der Waals surface area contributed by atoms with Gasteiger partial charge in [0.2, 0.25) is 0 Å². The van der Waals surface area contributed by atoms with Crippen molar-refractivity contribution in [2.24, 2.45) is 0 Å². The van der Waals surface area contributed by atoms with Crippen molar-refractivity contribution in [3.05, 3.63) is 12.7 Å². The summed E-state index contributed by atoms with van der Waals surface area (Å²) in [6.07, 6.45) is 5.94. The van der Waals surface area contributed by atoms with E-state index in [4.69, 9.17) is 4.74 Å². The van der Waals surface area contributed by atoms with E-state index in [2.05, 4.69) is 23.7 Å². The largest absolute Gasteiger partial charge is 0.378 e. The second-order valence-corrected chi connectivity index (χ2v) is 4.36. The molecule has 0 spiro atoms. The van der Waals surface area contributed by atoms with Crippen LogP contribution >= 0.6 is 0 Å². The molecule has 0 unspecified atom stereocenters. The van der Waals surface area contributed by atoms with E-state index < -0.39 is 0 Å². The van der Waals surface area contributed by atoms with Gasteiger partial charge in [-0.25, -0.2) is 0 Å². The van der Waals surface area contributed by atoms with Gasteiger partial charge in [-0.1, -0.05) is 13.0 Å². The standard InChI is InChI=1S/C13H26N2O/c1-3-10-15(4-2)11-5-12-16-13-6-8-14-9-7-13/h3,13-14H,1,4-12H2,2H3. The van der Waals surface area contributed by atoms with Crippen LogP contribution in [0.1, 0.15) is 26.2 Å². The highest BCUT2D eigenvalue weighted by atomic mass is 16.5. The Bertz CT molecular complexity index is 179. The maximum atomic E-state index is 5.86. The predicted octanol–water partition coefficient (Wildman–Crippen LogP) is 1.65. The highest BCUT2D eigenvalue weighted by Gasteiger charge is 2.12. The molecular formula is C13H26N2O. The highest BCUT2D eigenvalue weighted by molar-refractivity contribution is 4.72. The molecule has 1 aliphatic rings. The van der Waals surface area contributed by atoms with Gasteiger partial charge in [-0.3, -0.25) is 4.90 Å². The Labute approximate surface area is 99.8 Å². The monoisotopic (exact) mass is 226 g/mol. The molecule has 3 nitrogen and oxygen atoms in total. The van der Waals surface area contributed by atoms with E-state index in [1.165, 1.54) is 12.8 Å². The molecule has 94 valence electrons. The van der Waals surface area contributed by atoms with Gasteiger partial charge in [0.05, 0.1) is 6.10 Å². The second kappa shape index (κ2) is 8.74. The van der Waals surface area contributed by atoms with Crippen molar-refractivity contribution < 1.29 is 4.74 Å². The number of piperidine rings is 1. The molecule has 3 heteroatoms. The molecule has 16 heavy (non-hydrogen) atoms. The fourth-order valence-electron chi connectivity index (χ4n) is 2.06. The van der Waals surface area contributed by atoms with Crippen LogP contribution in [0.2, 0.25) is 0 Å². The zero-order valence-corrected chi connectivity index (χ0v) is 10.6. The molecule has 0 aliphatic carbocycles. The molecule has 0 saturated carbocycles. The summed E-state index contributed by atoms with van der Waals surface area (Å²) in [5.41, 5.74) is 0. The Balaban J connectivity index is 1.99. The summed E-state index contributed by atoms with van der Waals surface area (Å²) in [7, 11) is 0. The van der Waals surface area contributed by atoms with E-state index >= 15 is 0 Å². The summed E-state index contributed by atoms with van der Waals surface area (Å²) in [6.45, 7) is 12.3. The molecule has 1 N–H and O–H groups in total. The third kappa shape index (κ3) is 5.64. The first kappa shape index (κ1) is 13.7. The van der Waals surface area contributed by atoms with Crippen molar-refractivity contribution in [1.29, 1.82) is 0 Å². The minimum absolute atomic E-state index is 0.496. The second-order valence-electron chi connectivity index (χ2n) is 4.36. The Kier molecular flexibility index (Phi) is 7.47. The Morgan fingerprint density at radius 1 is 1.44 bits per heavy atom. The van der Waals surface area contributed by atoms with Crippen molar-refractivity contribution in [2.75, 3.05) is 39.3 Å². The highest BCUT2D eigenvalue weighted by Crippen LogP contribution is 2.07. The summed E-state index contributed by atoms with van der Waals surface area (Å²) in [5, 5.41) is 3.35. The van der Waals surface area contributed by atoms with Crippen LogP contribution in [0, 0.1) is 0 Å². The molecule has 1 rings (SSSR count). The van der Waals surface area contributed by atoms with Crippen LogP contribution in [-0.4, -0.2) is 50.3 Å². The molecule has 0 amide bonds. The van der Waals surface area contributed by atoms with E-state index in [0.29, 0.717) is 6.10 Å². The first-order valence-corrected chi connectivity index (χ1v) is 6.52. The molecule has 1 saturated heterocycles. The van der Waals surface area contributed by atoms with Crippen LogP contribution in [0.4, 0.5) is 0 Å². The maximum absolute atomic E-state index is 5.86. The number of ether oxygens (including phenoxy) is 1. The van der Waals surface area contributed by atoms with Crippen LogP contribution in [-0.2, 0) is 4.74 Å². The minimum atomic E-state index is 0.496. The average molecular weight is 226 g/mol. The first-order valence-electron chi connectivity index (χ1n) is 6.52. The predicted molar refractivity (Wildman–Crippen MR) is 68.8 cm³/mol. The Morgan fingerprint density at radius 3 is 2.81 bits per heavy atom. The van der Waals surface area contributed by atoms with E-state index in [1.807, 2.05) is 6.08 Å². The third-order valence-corrected chi connectivity index (χ3v) is 3.09. The smallest absolute Gasteiger partial charge is 0.0599 e. The summed E-state index contributed by atoms with van der Waals surface area (Å²) < 4.78 is 5.86. The lowest BCUT2D eigenvalue weighted by molar-refractivity contribution is 0.0283. The third-order valence-electron chi connectivity index (χ3n) is 3.09. The molecule has 0 radical (unpaired) electrons.